The molecule has 1 aromatic heterocycles. The third kappa shape index (κ3) is 2.70. The maximum absolute atomic E-state index is 4.42. The summed E-state index contributed by atoms with van der Waals surface area (Å²) in [4.78, 5) is 8.47. The molecule has 1 aliphatic heterocycles. The largest absolute Gasteiger partial charge is 0.278 e. The monoisotopic (exact) mass is 204 g/mol. The summed E-state index contributed by atoms with van der Waals surface area (Å²) in [5.74, 6) is 1.19. The number of pyridine rings is 1. The predicted molar refractivity (Wildman–Crippen MR) is 62.6 cm³/mol. The first-order chi connectivity index (χ1) is 6.95. The van der Waals surface area contributed by atoms with E-state index in [1.807, 2.05) is 30.1 Å². The fourth-order valence-electron chi connectivity index (χ4n) is 1.22. The van der Waals surface area contributed by atoms with Gasteiger partial charge in [0.1, 0.15) is 0 Å². The van der Waals surface area contributed by atoms with Gasteiger partial charge in [-0.05, 0) is 24.1 Å². The van der Waals surface area contributed by atoms with E-state index in [0.29, 0.717) is 0 Å². The molecule has 2 nitrogen and oxygen atoms in total. The fourth-order valence-corrected chi connectivity index (χ4v) is 2.05. The summed E-state index contributed by atoms with van der Waals surface area (Å²) in [6.07, 6.45) is 8.97. The molecule has 0 spiro atoms. The summed E-state index contributed by atoms with van der Waals surface area (Å²) in [7, 11) is 0. The lowest BCUT2D eigenvalue weighted by molar-refractivity contribution is 0.940. The zero-order valence-corrected chi connectivity index (χ0v) is 8.70. The van der Waals surface area contributed by atoms with Crippen molar-refractivity contribution in [1.82, 2.24) is 4.98 Å². The summed E-state index contributed by atoms with van der Waals surface area (Å²) in [6.45, 7) is 0.972. The first-order valence-electron chi connectivity index (χ1n) is 4.70. The first-order valence-corrected chi connectivity index (χ1v) is 5.69. The minimum Gasteiger partial charge on any atom is -0.278 e. The molecule has 3 heteroatoms. The van der Waals surface area contributed by atoms with Crippen LogP contribution in [0.15, 0.2) is 35.6 Å². The van der Waals surface area contributed by atoms with Crippen molar-refractivity contribution in [2.75, 3.05) is 12.3 Å². The summed E-state index contributed by atoms with van der Waals surface area (Å²) >= 11 is 1.83. The molecule has 0 bridgehead atoms. The molecule has 0 amide bonds. The van der Waals surface area contributed by atoms with Crippen LogP contribution in [0, 0.1) is 0 Å². The van der Waals surface area contributed by atoms with Crippen molar-refractivity contribution in [2.24, 2.45) is 4.99 Å². The lowest BCUT2D eigenvalue weighted by atomic mass is 10.3. The molecule has 0 atom stereocenters. The highest BCUT2D eigenvalue weighted by Gasteiger charge is 2.01. The molecule has 0 N–H and O–H groups in total. The number of aromatic nitrogens is 1. The number of thioether (sulfide) groups is 1. The Labute approximate surface area is 88.2 Å². The Balaban J connectivity index is 2.03. The van der Waals surface area contributed by atoms with Gasteiger partial charge in [-0.25, -0.2) is 0 Å². The van der Waals surface area contributed by atoms with Crippen LogP contribution in [-0.2, 0) is 0 Å². The molecule has 1 aliphatic rings. The van der Waals surface area contributed by atoms with E-state index in [1.165, 1.54) is 12.2 Å². The van der Waals surface area contributed by atoms with Gasteiger partial charge < -0.3 is 0 Å². The Hall–Kier alpha value is -1.09. The van der Waals surface area contributed by atoms with Crippen LogP contribution in [-0.4, -0.2) is 22.3 Å². The van der Waals surface area contributed by atoms with Crippen LogP contribution in [0.1, 0.15) is 12.0 Å². The molecule has 14 heavy (non-hydrogen) atoms. The van der Waals surface area contributed by atoms with E-state index < -0.39 is 0 Å². The van der Waals surface area contributed by atoms with Gasteiger partial charge in [-0.15, -0.1) is 11.8 Å². The molecule has 0 aliphatic carbocycles. The predicted octanol–water partition coefficient (Wildman–Crippen LogP) is 2.63. The van der Waals surface area contributed by atoms with Gasteiger partial charge in [0, 0.05) is 24.7 Å². The Morgan fingerprint density at radius 3 is 3.07 bits per heavy atom. The topological polar surface area (TPSA) is 25.2 Å². The van der Waals surface area contributed by atoms with Crippen molar-refractivity contribution in [2.45, 2.75) is 6.42 Å². The Bertz CT molecular complexity index is 344. The average molecular weight is 204 g/mol. The number of aliphatic imine (C=N–C) groups is 1. The lowest BCUT2D eigenvalue weighted by Crippen LogP contribution is -2.00. The third-order valence-electron chi connectivity index (χ3n) is 1.92. The van der Waals surface area contributed by atoms with Gasteiger partial charge in [0.15, 0.2) is 0 Å². The molecule has 2 rings (SSSR count). The van der Waals surface area contributed by atoms with Crippen molar-refractivity contribution in [3.8, 4) is 0 Å². The normalized spacial score (nSPS) is 17.0. The van der Waals surface area contributed by atoms with Gasteiger partial charge in [0.2, 0.25) is 0 Å². The molecule has 0 radical (unpaired) electrons. The van der Waals surface area contributed by atoms with Gasteiger partial charge in [-0.1, -0.05) is 12.1 Å². The zero-order valence-electron chi connectivity index (χ0n) is 7.89. The van der Waals surface area contributed by atoms with Crippen LogP contribution in [0.3, 0.4) is 0 Å². The van der Waals surface area contributed by atoms with E-state index in [-0.39, 0.29) is 0 Å². The molecule has 72 valence electrons. The van der Waals surface area contributed by atoms with E-state index in [0.717, 1.165) is 17.2 Å². The highest BCUT2D eigenvalue weighted by molar-refractivity contribution is 8.14. The molecular formula is C11H12N2S. The van der Waals surface area contributed by atoms with Gasteiger partial charge in [0.05, 0.1) is 5.04 Å². The van der Waals surface area contributed by atoms with Crippen LogP contribution >= 0.6 is 11.8 Å². The number of nitrogens with zero attached hydrogens (tertiary/aromatic N) is 2. The first kappa shape index (κ1) is 9.46. The van der Waals surface area contributed by atoms with Gasteiger partial charge in [-0.3, -0.25) is 9.98 Å². The Kier molecular flexibility index (Phi) is 3.35. The Morgan fingerprint density at radius 2 is 2.36 bits per heavy atom. The molecule has 0 fully saturated rings. The number of rotatable bonds is 2. The minimum atomic E-state index is 0.972. The van der Waals surface area contributed by atoms with Crippen LogP contribution < -0.4 is 0 Å². The fraction of sp³-hybridized carbons (Fsp3) is 0.273. The molecule has 2 heterocycles. The third-order valence-corrected chi connectivity index (χ3v) is 2.98. The molecular weight excluding hydrogens is 192 g/mol. The highest BCUT2D eigenvalue weighted by Crippen LogP contribution is 2.14. The minimum absolute atomic E-state index is 0.972. The second kappa shape index (κ2) is 4.96. The molecule has 0 aromatic carbocycles. The van der Waals surface area contributed by atoms with Crippen molar-refractivity contribution >= 4 is 22.9 Å². The van der Waals surface area contributed by atoms with Crippen LogP contribution in [0.4, 0.5) is 0 Å². The SMILES string of the molecule is C(=C\c1cccnc1)/C1=NCCCS1. The number of hydrogen-bond donors (Lipinski definition) is 0. The van der Waals surface area contributed by atoms with Crippen LogP contribution in [0.25, 0.3) is 6.08 Å². The van der Waals surface area contributed by atoms with Crippen molar-refractivity contribution < 1.29 is 0 Å². The molecule has 1 aromatic rings. The molecule has 0 saturated carbocycles. The summed E-state index contributed by atoms with van der Waals surface area (Å²) in [5.41, 5.74) is 1.13. The maximum Gasteiger partial charge on any atom is 0.0904 e. The van der Waals surface area contributed by atoms with E-state index in [2.05, 4.69) is 22.1 Å². The maximum atomic E-state index is 4.42. The van der Waals surface area contributed by atoms with Gasteiger partial charge >= 0.3 is 0 Å². The lowest BCUT2D eigenvalue weighted by Gasteiger charge is -2.06. The number of hydrogen-bond acceptors (Lipinski definition) is 3. The zero-order chi connectivity index (χ0) is 9.64. The second-order valence-electron chi connectivity index (χ2n) is 3.04. The smallest absolute Gasteiger partial charge is 0.0904 e. The van der Waals surface area contributed by atoms with Gasteiger partial charge in [0.25, 0.3) is 0 Å². The second-order valence-corrected chi connectivity index (χ2v) is 4.16. The molecule has 0 saturated heterocycles. The Morgan fingerprint density at radius 1 is 1.36 bits per heavy atom. The van der Waals surface area contributed by atoms with E-state index in [9.17, 15) is 0 Å². The van der Waals surface area contributed by atoms with E-state index >= 15 is 0 Å². The summed E-state index contributed by atoms with van der Waals surface area (Å²) in [5, 5.41) is 1.14. The van der Waals surface area contributed by atoms with Crippen LogP contribution in [0.5, 0.6) is 0 Å². The average Bonchev–Trinajstić information content (AvgIpc) is 2.29. The van der Waals surface area contributed by atoms with Crippen molar-refractivity contribution in [3.05, 3.63) is 36.2 Å². The summed E-state index contributed by atoms with van der Waals surface area (Å²) in [6, 6.07) is 3.98. The quantitative estimate of drug-likeness (QED) is 0.740. The standard InChI is InChI=1S/C11H12N2S/c1-3-10(9-12-6-1)4-5-11-13-7-2-8-14-11/h1,3-6,9H,2,7-8H2/b5-4+. The van der Waals surface area contributed by atoms with Crippen molar-refractivity contribution in [1.29, 1.82) is 0 Å². The van der Waals surface area contributed by atoms with Crippen LogP contribution in [0.2, 0.25) is 0 Å². The van der Waals surface area contributed by atoms with E-state index in [1.54, 1.807) is 6.20 Å². The molecule has 0 unspecified atom stereocenters. The van der Waals surface area contributed by atoms with Gasteiger partial charge in [-0.2, -0.15) is 0 Å². The highest BCUT2D eigenvalue weighted by atomic mass is 32.2. The summed E-state index contributed by atoms with van der Waals surface area (Å²) < 4.78 is 0. The van der Waals surface area contributed by atoms with E-state index in [4.69, 9.17) is 0 Å². The van der Waals surface area contributed by atoms with Crippen molar-refractivity contribution in [3.63, 3.8) is 0 Å².